The zero-order valence-electron chi connectivity index (χ0n) is 22.4. The fourth-order valence-electron chi connectivity index (χ4n) is 9.64. The Labute approximate surface area is 199 Å². The molecule has 9 atom stereocenters. The molecule has 4 aliphatic rings. The minimum Gasteiger partial charge on any atom is -0.359 e. The van der Waals surface area contributed by atoms with Gasteiger partial charge in [0.25, 0.3) is 0 Å². The molecule has 0 radical (unpaired) electrons. The van der Waals surface area contributed by atoms with Gasteiger partial charge in [-0.3, -0.25) is 4.79 Å². The van der Waals surface area contributed by atoms with E-state index in [1.165, 1.54) is 64.2 Å². The van der Waals surface area contributed by atoms with Gasteiger partial charge in [0.1, 0.15) is 0 Å². The maximum absolute atomic E-state index is 12.2. The van der Waals surface area contributed by atoms with Gasteiger partial charge in [-0.25, -0.2) is 0 Å². The Bertz CT molecular complexity index is 682. The van der Waals surface area contributed by atoms with Crippen LogP contribution in [0, 0.1) is 57.7 Å². The monoisotopic (exact) mass is 443 g/mol. The van der Waals surface area contributed by atoms with Crippen LogP contribution in [0.15, 0.2) is 0 Å². The third-order valence-corrected chi connectivity index (χ3v) is 12.3. The summed E-state index contributed by atoms with van der Waals surface area (Å²) in [5, 5.41) is 2.88. The fraction of sp³-hybridized carbons (Fsp3) is 0.967. The van der Waals surface area contributed by atoms with E-state index in [2.05, 4.69) is 46.9 Å². The van der Waals surface area contributed by atoms with E-state index in [4.69, 9.17) is 0 Å². The van der Waals surface area contributed by atoms with E-state index >= 15 is 0 Å². The molecule has 4 saturated carbocycles. The van der Waals surface area contributed by atoms with Gasteiger partial charge in [-0.2, -0.15) is 0 Å². The van der Waals surface area contributed by atoms with E-state index in [1.807, 2.05) is 0 Å². The molecule has 1 amide bonds. The minimum atomic E-state index is 0.235. The van der Waals surface area contributed by atoms with Crippen molar-refractivity contribution < 1.29 is 4.79 Å². The summed E-state index contributed by atoms with van der Waals surface area (Å²) in [5.41, 5.74) is 1.57. The lowest BCUT2D eigenvalue weighted by molar-refractivity contribution is -0.141. The summed E-state index contributed by atoms with van der Waals surface area (Å²) in [6.45, 7) is 15.2. The van der Waals surface area contributed by atoms with E-state index in [-0.39, 0.29) is 5.91 Å². The van der Waals surface area contributed by atoms with Crippen LogP contribution in [0.4, 0.5) is 0 Å². The normalized spacial score (nSPS) is 43.9. The lowest BCUT2D eigenvalue weighted by atomic mass is 9.42. The number of fused-ring (bicyclic) bond motifs is 4. The van der Waals surface area contributed by atoms with Gasteiger partial charge >= 0.3 is 0 Å². The Hall–Kier alpha value is -0.530. The van der Waals surface area contributed by atoms with Crippen molar-refractivity contribution in [3.05, 3.63) is 0 Å². The molecule has 0 aromatic rings. The molecule has 0 heterocycles. The van der Waals surface area contributed by atoms with Crippen molar-refractivity contribution >= 4 is 5.91 Å². The molecule has 4 aliphatic carbocycles. The highest BCUT2D eigenvalue weighted by Gasteiger charge is 2.68. The highest BCUT2D eigenvalue weighted by atomic mass is 16.1. The first kappa shape index (κ1) is 24.6. The van der Waals surface area contributed by atoms with E-state index in [0.717, 1.165) is 47.8 Å². The number of amides is 1. The number of hydrogen-bond acceptors (Lipinski definition) is 1. The maximum atomic E-state index is 12.2. The largest absolute Gasteiger partial charge is 0.359 e. The molecular weight excluding hydrogens is 390 g/mol. The van der Waals surface area contributed by atoms with Crippen LogP contribution in [0.5, 0.6) is 0 Å². The van der Waals surface area contributed by atoms with Gasteiger partial charge in [0.15, 0.2) is 0 Å². The Morgan fingerprint density at radius 1 is 1.03 bits per heavy atom. The van der Waals surface area contributed by atoms with Crippen molar-refractivity contribution in [3.8, 4) is 0 Å². The predicted molar refractivity (Wildman–Crippen MR) is 135 cm³/mol. The molecule has 7 unspecified atom stereocenters. The van der Waals surface area contributed by atoms with Crippen LogP contribution in [0.3, 0.4) is 0 Å². The van der Waals surface area contributed by atoms with Gasteiger partial charge in [-0.05, 0) is 109 Å². The summed E-state index contributed by atoms with van der Waals surface area (Å²) in [6.07, 6.45) is 16.2. The Balaban J connectivity index is 1.55. The van der Waals surface area contributed by atoms with Gasteiger partial charge in [-0.1, -0.05) is 60.8 Å². The second kappa shape index (κ2) is 8.92. The second-order valence-corrected chi connectivity index (χ2v) is 13.7. The standard InChI is InChI=1S/C30H53NO/c1-8-20(2)9-10-21(3)23-11-12-24-27-25(13-15-29(23,24)6)28(5,16-14-26(32)31-7)22(4)19-30(27)17-18-30/h20-25,27H,8-19H2,1-7H3,(H,31,32)/t20?,21?,22?,23?,24?,25?,27?,28-,29+/m0/s1. The number of carbonyl (C=O) groups is 1. The van der Waals surface area contributed by atoms with Crippen LogP contribution in [0.25, 0.3) is 0 Å². The summed E-state index contributed by atoms with van der Waals surface area (Å²) in [4.78, 5) is 12.2. The fourth-order valence-corrected chi connectivity index (χ4v) is 9.64. The molecule has 0 aliphatic heterocycles. The highest BCUT2D eigenvalue weighted by Crippen LogP contribution is 2.76. The molecule has 0 aromatic carbocycles. The summed E-state index contributed by atoms with van der Waals surface area (Å²) in [5.74, 6) is 6.40. The van der Waals surface area contributed by atoms with E-state index < -0.39 is 0 Å². The van der Waals surface area contributed by atoms with Crippen molar-refractivity contribution in [3.63, 3.8) is 0 Å². The quantitative estimate of drug-likeness (QED) is 0.406. The zero-order chi connectivity index (χ0) is 23.3. The van der Waals surface area contributed by atoms with Gasteiger partial charge in [0.2, 0.25) is 5.91 Å². The molecule has 4 rings (SSSR count). The molecule has 0 saturated heterocycles. The molecule has 4 fully saturated rings. The van der Waals surface area contributed by atoms with Crippen LogP contribution in [0.2, 0.25) is 0 Å². The third-order valence-electron chi connectivity index (χ3n) is 12.3. The first-order valence-corrected chi connectivity index (χ1v) is 14.3. The first-order chi connectivity index (χ1) is 15.1. The van der Waals surface area contributed by atoms with Crippen molar-refractivity contribution in [1.29, 1.82) is 0 Å². The van der Waals surface area contributed by atoms with Crippen molar-refractivity contribution in [1.82, 2.24) is 5.32 Å². The molecule has 184 valence electrons. The Morgan fingerprint density at radius 2 is 1.75 bits per heavy atom. The van der Waals surface area contributed by atoms with Crippen LogP contribution in [0.1, 0.15) is 119 Å². The van der Waals surface area contributed by atoms with Crippen molar-refractivity contribution in [2.75, 3.05) is 7.05 Å². The third kappa shape index (κ3) is 3.98. The van der Waals surface area contributed by atoms with Crippen LogP contribution < -0.4 is 5.32 Å². The summed E-state index contributed by atoms with van der Waals surface area (Å²) >= 11 is 0. The van der Waals surface area contributed by atoms with E-state index in [9.17, 15) is 4.79 Å². The SMILES string of the molecule is CCC(C)CCC(C)C1CCC2C3C(CC[C@]12C)[C@@](C)(CCC(=O)NC)C(C)CC31CC1. The molecule has 0 aromatic heterocycles. The van der Waals surface area contributed by atoms with Gasteiger partial charge < -0.3 is 5.32 Å². The topological polar surface area (TPSA) is 29.1 Å². The lowest BCUT2D eigenvalue weighted by Gasteiger charge is -2.62. The number of nitrogens with one attached hydrogen (secondary N) is 1. The summed E-state index contributed by atoms with van der Waals surface area (Å²) in [6, 6.07) is 0. The second-order valence-electron chi connectivity index (χ2n) is 13.7. The van der Waals surface area contributed by atoms with Crippen molar-refractivity contribution in [2.45, 2.75) is 119 Å². The van der Waals surface area contributed by atoms with Gasteiger partial charge in [0, 0.05) is 13.5 Å². The van der Waals surface area contributed by atoms with Crippen LogP contribution >= 0.6 is 0 Å². The molecule has 1 spiro atoms. The number of hydrogen-bond donors (Lipinski definition) is 1. The van der Waals surface area contributed by atoms with Gasteiger partial charge in [-0.15, -0.1) is 0 Å². The summed E-state index contributed by atoms with van der Waals surface area (Å²) in [7, 11) is 1.80. The summed E-state index contributed by atoms with van der Waals surface area (Å²) < 4.78 is 0. The number of carbonyl (C=O) groups excluding carboxylic acids is 1. The smallest absolute Gasteiger partial charge is 0.219 e. The molecule has 2 heteroatoms. The Morgan fingerprint density at radius 3 is 2.38 bits per heavy atom. The average molecular weight is 444 g/mol. The van der Waals surface area contributed by atoms with Crippen molar-refractivity contribution in [2.24, 2.45) is 57.7 Å². The molecule has 0 bridgehead atoms. The molecule has 2 nitrogen and oxygen atoms in total. The molecular formula is C30H53NO. The van der Waals surface area contributed by atoms with Gasteiger partial charge in [0.05, 0.1) is 0 Å². The zero-order valence-corrected chi connectivity index (χ0v) is 22.4. The first-order valence-electron chi connectivity index (χ1n) is 14.3. The van der Waals surface area contributed by atoms with Crippen LogP contribution in [-0.2, 0) is 4.79 Å². The highest BCUT2D eigenvalue weighted by molar-refractivity contribution is 5.75. The molecule has 1 N–H and O–H groups in total. The maximum Gasteiger partial charge on any atom is 0.219 e. The number of rotatable bonds is 8. The van der Waals surface area contributed by atoms with E-state index in [0.29, 0.717) is 22.7 Å². The van der Waals surface area contributed by atoms with E-state index in [1.54, 1.807) is 7.05 Å². The minimum absolute atomic E-state index is 0.235. The molecule has 32 heavy (non-hydrogen) atoms. The average Bonchev–Trinajstić information content (AvgIpc) is 3.45. The lowest BCUT2D eigenvalue weighted by Crippen LogP contribution is -2.56. The Kier molecular flexibility index (Phi) is 6.85. The predicted octanol–water partition coefficient (Wildman–Crippen LogP) is 7.86. The van der Waals surface area contributed by atoms with Crippen LogP contribution in [-0.4, -0.2) is 13.0 Å².